The first-order valence-electron chi connectivity index (χ1n) is 8.03. The minimum absolute atomic E-state index is 0.0290. The van der Waals surface area contributed by atoms with Gasteiger partial charge in [-0.2, -0.15) is 0 Å². The number of rotatable bonds is 4. The molecule has 0 unspecified atom stereocenters. The maximum atomic E-state index is 12.7. The minimum Gasteiger partial charge on any atom is -0.506 e. The van der Waals surface area contributed by atoms with Gasteiger partial charge in [0.1, 0.15) is 17.2 Å². The Labute approximate surface area is 151 Å². The second-order valence-electron chi connectivity index (χ2n) is 6.01. The standard InChI is InChI=1S/C19H20ClNO4/c1-24-14-4-6-18(25-2)15(10-14)13-7-8-21(11-13)19(23)12-3-5-17(22)16(20)9-12/h3-6,9-10,13,22H,7-8,11H2,1-2H3/t13-/m0/s1. The molecule has 1 saturated heterocycles. The lowest BCUT2D eigenvalue weighted by Gasteiger charge is -2.19. The first-order chi connectivity index (χ1) is 12.0. The highest BCUT2D eigenvalue weighted by Crippen LogP contribution is 2.36. The summed E-state index contributed by atoms with van der Waals surface area (Å²) >= 11 is 5.91. The van der Waals surface area contributed by atoms with Crippen molar-refractivity contribution in [2.45, 2.75) is 12.3 Å². The summed E-state index contributed by atoms with van der Waals surface area (Å²) in [7, 11) is 3.27. The molecule has 1 aliphatic rings. The van der Waals surface area contributed by atoms with E-state index in [1.54, 1.807) is 25.2 Å². The molecule has 1 N–H and O–H groups in total. The fourth-order valence-corrected chi connectivity index (χ4v) is 3.36. The van der Waals surface area contributed by atoms with Gasteiger partial charge in [-0.1, -0.05) is 11.6 Å². The number of nitrogens with zero attached hydrogens (tertiary/aromatic N) is 1. The number of phenols is 1. The quantitative estimate of drug-likeness (QED) is 0.902. The van der Waals surface area contributed by atoms with Crippen molar-refractivity contribution in [1.82, 2.24) is 4.90 Å². The van der Waals surface area contributed by atoms with Gasteiger partial charge in [-0.05, 0) is 42.8 Å². The number of ether oxygens (including phenoxy) is 2. The lowest BCUT2D eigenvalue weighted by Crippen LogP contribution is -2.28. The third kappa shape index (κ3) is 3.51. The number of methoxy groups -OCH3 is 2. The van der Waals surface area contributed by atoms with E-state index < -0.39 is 0 Å². The second-order valence-corrected chi connectivity index (χ2v) is 6.42. The van der Waals surface area contributed by atoms with Crippen LogP contribution in [0.25, 0.3) is 0 Å². The maximum Gasteiger partial charge on any atom is 0.253 e. The van der Waals surface area contributed by atoms with E-state index in [1.807, 2.05) is 18.2 Å². The highest BCUT2D eigenvalue weighted by atomic mass is 35.5. The Bertz CT molecular complexity index is 793. The number of carbonyl (C=O) groups is 1. The van der Waals surface area contributed by atoms with Gasteiger partial charge in [-0.3, -0.25) is 4.79 Å². The molecule has 0 saturated carbocycles. The molecule has 1 fully saturated rings. The molecule has 0 radical (unpaired) electrons. The summed E-state index contributed by atoms with van der Waals surface area (Å²) in [6.45, 7) is 1.25. The van der Waals surface area contributed by atoms with Crippen molar-refractivity contribution >= 4 is 17.5 Å². The number of phenolic OH excluding ortho intramolecular Hbond substituents is 1. The van der Waals surface area contributed by atoms with Crippen molar-refractivity contribution in [2.75, 3.05) is 27.3 Å². The average molecular weight is 362 g/mol. The first-order valence-corrected chi connectivity index (χ1v) is 8.41. The molecule has 0 bridgehead atoms. The van der Waals surface area contributed by atoms with Crippen molar-refractivity contribution in [3.05, 3.63) is 52.5 Å². The molecule has 1 atom stereocenters. The van der Waals surface area contributed by atoms with E-state index in [1.165, 1.54) is 12.1 Å². The number of benzene rings is 2. The summed E-state index contributed by atoms with van der Waals surface area (Å²) in [5.74, 6) is 1.63. The Morgan fingerprint density at radius 3 is 2.68 bits per heavy atom. The number of likely N-dealkylation sites (tertiary alicyclic amines) is 1. The molecule has 0 aromatic heterocycles. The molecule has 6 heteroatoms. The van der Waals surface area contributed by atoms with Crippen LogP contribution in [0.2, 0.25) is 5.02 Å². The maximum absolute atomic E-state index is 12.7. The Morgan fingerprint density at radius 2 is 2.00 bits per heavy atom. The molecule has 1 amide bonds. The molecule has 3 rings (SSSR count). The summed E-state index contributed by atoms with van der Waals surface area (Å²) in [4.78, 5) is 14.5. The van der Waals surface area contributed by atoms with E-state index in [-0.39, 0.29) is 22.6 Å². The monoisotopic (exact) mass is 361 g/mol. The van der Waals surface area contributed by atoms with Gasteiger partial charge in [-0.15, -0.1) is 0 Å². The molecule has 0 aliphatic carbocycles. The van der Waals surface area contributed by atoms with E-state index in [2.05, 4.69) is 0 Å². The van der Waals surface area contributed by atoms with E-state index in [4.69, 9.17) is 21.1 Å². The van der Waals surface area contributed by atoms with Crippen LogP contribution in [0.4, 0.5) is 0 Å². The van der Waals surface area contributed by atoms with Crippen LogP contribution in [0.5, 0.6) is 17.2 Å². The van der Waals surface area contributed by atoms with Gasteiger partial charge < -0.3 is 19.5 Å². The first kappa shape index (κ1) is 17.4. The predicted octanol–water partition coefficient (Wildman–Crippen LogP) is 3.69. The molecule has 132 valence electrons. The molecular weight excluding hydrogens is 342 g/mol. The summed E-state index contributed by atoms with van der Waals surface area (Å²) in [6, 6.07) is 10.2. The highest BCUT2D eigenvalue weighted by molar-refractivity contribution is 6.32. The highest BCUT2D eigenvalue weighted by Gasteiger charge is 2.30. The lowest BCUT2D eigenvalue weighted by molar-refractivity contribution is 0.0790. The Hall–Kier alpha value is -2.40. The van der Waals surface area contributed by atoms with E-state index >= 15 is 0 Å². The summed E-state index contributed by atoms with van der Waals surface area (Å²) < 4.78 is 10.8. The molecule has 1 heterocycles. The van der Waals surface area contributed by atoms with Gasteiger partial charge in [0, 0.05) is 30.1 Å². The van der Waals surface area contributed by atoms with Crippen LogP contribution in [0.15, 0.2) is 36.4 Å². The van der Waals surface area contributed by atoms with Gasteiger partial charge in [-0.25, -0.2) is 0 Å². The SMILES string of the molecule is COc1ccc(OC)c([C@H]2CCN(C(=O)c3ccc(O)c(Cl)c3)C2)c1. The topological polar surface area (TPSA) is 59.0 Å². The third-order valence-corrected chi connectivity index (χ3v) is 4.85. The number of halogens is 1. The third-order valence-electron chi connectivity index (χ3n) is 4.55. The Kier molecular flexibility index (Phi) is 5.04. The lowest BCUT2D eigenvalue weighted by atomic mass is 9.97. The van der Waals surface area contributed by atoms with Crippen LogP contribution in [-0.4, -0.2) is 43.2 Å². The second kappa shape index (κ2) is 7.23. The van der Waals surface area contributed by atoms with Gasteiger partial charge in [0.25, 0.3) is 5.91 Å². The van der Waals surface area contributed by atoms with Crippen molar-refractivity contribution in [3.8, 4) is 17.2 Å². The van der Waals surface area contributed by atoms with Crippen LogP contribution >= 0.6 is 11.6 Å². The van der Waals surface area contributed by atoms with Crippen LogP contribution in [-0.2, 0) is 0 Å². The number of hydrogen-bond donors (Lipinski definition) is 1. The Morgan fingerprint density at radius 1 is 1.20 bits per heavy atom. The van der Waals surface area contributed by atoms with Crippen LogP contribution in [0.3, 0.4) is 0 Å². The minimum atomic E-state index is -0.0914. The molecule has 1 aliphatic heterocycles. The predicted molar refractivity (Wildman–Crippen MR) is 95.9 cm³/mol. The van der Waals surface area contributed by atoms with Gasteiger partial charge in [0.15, 0.2) is 0 Å². The largest absolute Gasteiger partial charge is 0.506 e. The van der Waals surface area contributed by atoms with Crippen molar-refractivity contribution < 1.29 is 19.4 Å². The van der Waals surface area contributed by atoms with Crippen LogP contribution < -0.4 is 9.47 Å². The molecule has 5 nitrogen and oxygen atoms in total. The van der Waals surface area contributed by atoms with Crippen LogP contribution in [0.1, 0.15) is 28.3 Å². The van der Waals surface area contributed by atoms with Gasteiger partial charge in [0.05, 0.1) is 19.2 Å². The van der Waals surface area contributed by atoms with E-state index in [0.717, 1.165) is 23.5 Å². The molecule has 25 heavy (non-hydrogen) atoms. The zero-order valence-corrected chi connectivity index (χ0v) is 14.9. The zero-order valence-electron chi connectivity index (χ0n) is 14.2. The van der Waals surface area contributed by atoms with E-state index in [0.29, 0.717) is 18.7 Å². The average Bonchev–Trinajstić information content (AvgIpc) is 3.12. The molecular formula is C19H20ClNO4. The van der Waals surface area contributed by atoms with Crippen molar-refractivity contribution in [1.29, 1.82) is 0 Å². The van der Waals surface area contributed by atoms with Crippen molar-refractivity contribution in [2.24, 2.45) is 0 Å². The summed E-state index contributed by atoms with van der Waals surface area (Å²) in [6.07, 6.45) is 0.848. The van der Waals surface area contributed by atoms with Crippen molar-refractivity contribution in [3.63, 3.8) is 0 Å². The van der Waals surface area contributed by atoms with Crippen LogP contribution in [0, 0.1) is 0 Å². The smallest absolute Gasteiger partial charge is 0.253 e. The Balaban J connectivity index is 1.79. The molecule has 2 aromatic rings. The normalized spacial score (nSPS) is 16.8. The fraction of sp³-hybridized carbons (Fsp3) is 0.316. The van der Waals surface area contributed by atoms with Gasteiger partial charge in [0.2, 0.25) is 0 Å². The number of carbonyl (C=O) groups excluding carboxylic acids is 1. The summed E-state index contributed by atoms with van der Waals surface area (Å²) in [5.41, 5.74) is 1.52. The fourth-order valence-electron chi connectivity index (χ4n) is 3.18. The number of hydrogen-bond acceptors (Lipinski definition) is 4. The number of aromatic hydroxyl groups is 1. The van der Waals surface area contributed by atoms with E-state index in [9.17, 15) is 9.90 Å². The molecule has 0 spiro atoms. The zero-order chi connectivity index (χ0) is 18.0. The molecule has 2 aromatic carbocycles. The number of amides is 1. The van der Waals surface area contributed by atoms with Gasteiger partial charge >= 0.3 is 0 Å². The summed E-state index contributed by atoms with van der Waals surface area (Å²) in [5, 5.41) is 9.68.